The Kier molecular flexibility index (Phi) is 6.37. The molecule has 2 heterocycles. The molecule has 0 aromatic heterocycles. The number of rotatable bonds is 6. The zero-order chi connectivity index (χ0) is 23.6. The van der Waals surface area contributed by atoms with Gasteiger partial charge < -0.3 is 9.64 Å². The van der Waals surface area contributed by atoms with Gasteiger partial charge in [0.2, 0.25) is 11.8 Å². The molecule has 0 unspecified atom stereocenters. The molecule has 0 spiro atoms. The van der Waals surface area contributed by atoms with Crippen LogP contribution >= 0.6 is 0 Å². The summed E-state index contributed by atoms with van der Waals surface area (Å²) in [4.78, 5) is 39.6. The van der Waals surface area contributed by atoms with Crippen LogP contribution < -0.4 is 14.4 Å². The van der Waals surface area contributed by atoms with Gasteiger partial charge in [-0.2, -0.15) is 0 Å². The smallest absolute Gasteiger partial charge is 0.261 e. The number of methoxy groups -OCH3 is 1. The van der Waals surface area contributed by atoms with Crippen molar-refractivity contribution in [3.8, 4) is 5.75 Å². The second-order valence-corrected chi connectivity index (χ2v) is 9.67. The minimum Gasteiger partial charge on any atom is -0.495 e. The summed E-state index contributed by atoms with van der Waals surface area (Å²) in [5.74, 6) is -0.661. The molecule has 4 rings (SSSR count). The van der Waals surface area contributed by atoms with Gasteiger partial charge in [-0.25, -0.2) is 13.3 Å². The van der Waals surface area contributed by atoms with Gasteiger partial charge in [0, 0.05) is 37.2 Å². The normalized spacial score (nSPS) is 16.8. The third-order valence-electron chi connectivity index (χ3n) is 5.78. The third-order valence-corrected chi connectivity index (χ3v) is 7.16. The van der Waals surface area contributed by atoms with Crippen molar-refractivity contribution in [2.24, 2.45) is 0 Å². The van der Waals surface area contributed by atoms with E-state index in [2.05, 4.69) is 4.72 Å². The fourth-order valence-electron chi connectivity index (χ4n) is 4.03. The Balaban J connectivity index is 1.55. The molecule has 33 heavy (non-hydrogen) atoms. The Morgan fingerprint density at radius 3 is 2.18 bits per heavy atom. The van der Waals surface area contributed by atoms with Crippen molar-refractivity contribution in [1.29, 1.82) is 0 Å². The van der Waals surface area contributed by atoms with Crippen molar-refractivity contribution in [1.82, 2.24) is 4.90 Å². The van der Waals surface area contributed by atoms with Crippen LogP contribution in [0.3, 0.4) is 0 Å². The van der Waals surface area contributed by atoms with E-state index in [1.165, 1.54) is 37.4 Å². The number of benzene rings is 2. The van der Waals surface area contributed by atoms with Gasteiger partial charge in [0.1, 0.15) is 5.75 Å². The minimum absolute atomic E-state index is 0.0659. The molecule has 0 aliphatic carbocycles. The van der Waals surface area contributed by atoms with E-state index in [1.54, 1.807) is 12.1 Å². The average molecular weight is 472 g/mol. The Morgan fingerprint density at radius 1 is 0.939 bits per heavy atom. The molecule has 2 saturated heterocycles. The van der Waals surface area contributed by atoms with Crippen LogP contribution in [0.1, 0.15) is 42.5 Å². The van der Waals surface area contributed by atoms with Gasteiger partial charge >= 0.3 is 0 Å². The highest BCUT2D eigenvalue weighted by molar-refractivity contribution is 7.92. The van der Waals surface area contributed by atoms with E-state index in [0.29, 0.717) is 5.56 Å². The number of carbonyl (C=O) groups is 3. The van der Waals surface area contributed by atoms with Crippen molar-refractivity contribution >= 4 is 39.1 Å². The van der Waals surface area contributed by atoms with Gasteiger partial charge in [-0.3, -0.25) is 19.1 Å². The van der Waals surface area contributed by atoms with E-state index in [-0.39, 0.29) is 40.8 Å². The number of hydrogen-bond acceptors (Lipinski definition) is 6. The van der Waals surface area contributed by atoms with Crippen molar-refractivity contribution in [2.75, 3.05) is 29.8 Å². The topological polar surface area (TPSA) is 113 Å². The molecule has 0 atom stereocenters. The van der Waals surface area contributed by atoms with Gasteiger partial charge in [0.05, 0.1) is 17.7 Å². The van der Waals surface area contributed by atoms with Gasteiger partial charge in [-0.05, 0) is 61.7 Å². The van der Waals surface area contributed by atoms with E-state index in [0.717, 1.165) is 37.3 Å². The number of likely N-dealkylation sites (tertiary alicyclic amines) is 1. The number of hydrogen-bond donors (Lipinski definition) is 1. The van der Waals surface area contributed by atoms with Gasteiger partial charge in [-0.15, -0.1) is 0 Å². The summed E-state index contributed by atoms with van der Waals surface area (Å²) in [5, 5.41) is 0. The number of imide groups is 1. The van der Waals surface area contributed by atoms with E-state index in [9.17, 15) is 22.8 Å². The summed E-state index contributed by atoms with van der Waals surface area (Å²) in [6.45, 7) is 1.46. The molecule has 1 N–H and O–H groups in total. The fourth-order valence-corrected chi connectivity index (χ4v) is 5.11. The summed E-state index contributed by atoms with van der Waals surface area (Å²) in [7, 11) is -2.65. The van der Waals surface area contributed by atoms with Crippen molar-refractivity contribution in [3.63, 3.8) is 0 Å². The van der Waals surface area contributed by atoms with Crippen LogP contribution in [0.15, 0.2) is 47.4 Å². The van der Waals surface area contributed by atoms with E-state index >= 15 is 0 Å². The molecule has 10 heteroatoms. The molecule has 0 saturated carbocycles. The van der Waals surface area contributed by atoms with E-state index in [1.807, 2.05) is 4.90 Å². The van der Waals surface area contributed by atoms with Crippen LogP contribution in [0.5, 0.6) is 5.75 Å². The van der Waals surface area contributed by atoms with Crippen LogP contribution in [0, 0.1) is 0 Å². The Hall–Kier alpha value is -3.40. The predicted octanol–water partition coefficient (Wildman–Crippen LogP) is 2.78. The summed E-state index contributed by atoms with van der Waals surface area (Å²) in [5.41, 5.74) is 0.879. The van der Waals surface area contributed by atoms with Gasteiger partial charge in [0.25, 0.3) is 15.9 Å². The first-order valence-electron chi connectivity index (χ1n) is 10.8. The number of anilines is 2. The number of amides is 3. The largest absolute Gasteiger partial charge is 0.495 e. The molecule has 2 fully saturated rings. The number of sulfonamides is 1. The van der Waals surface area contributed by atoms with Crippen LogP contribution in [0.25, 0.3) is 0 Å². The summed E-state index contributed by atoms with van der Waals surface area (Å²) < 4.78 is 33.7. The monoisotopic (exact) mass is 471 g/mol. The third kappa shape index (κ3) is 4.70. The molecule has 2 aliphatic rings. The van der Waals surface area contributed by atoms with E-state index < -0.39 is 21.8 Å². The average Bonchev–Trinajstić information content (AvgIpc) is 3.16. The predicted molar refractivity (Wildman–Crippen MR) is 122 cm³/mol. The van der Waals surface area contributed by atoms with Crippen molar-refractivity contribution < 1.29 is 27.5 Å². The number of carbonyl (C=O) groups excluding carboxylic acids is 3. The zero-order valence-electron chi connectivity index (χ0n) is 18.2. The van der Waals surface area contributed by atoms with Crippen molar-refractivity contribution in [2.45, 2.75) is 37.0 Å². The Morgan fingerprint density at radius 2 is 1.58 bits per heavy atom. The summed E-state index contributed by atoms with van der Waals surface area (Å²) in [6.07, 6.45) is 3.24. The van der Waals surface area contributed by atoms with Crippen molar-refractivity contribution in [3.05, 3.63) is 48.0 Å². The standard InChI is InChI=1S/C23H25N3O6S/c1-32-20-10-9-18(15-19(20)26-21(27)11-12-22(26)28)33(30,31)24-17-7-5-16(6-8-17)23(29)25-13-3-2-4-14-25/h5-10,15,24H,2-4,11-14H2,1H3. The van der Waals surface area contributed by atoms with Crippen LogP contribution in [0.2, 0.25) is 0 Å². The lowest BCUT2D eigenvalue weighted by Gasteiger charge is -2.26. The number of nitrogens with zero attached hydrogens (tertiary/aromatic N) is 2. The minimum atomic E-state index is -4.03. The lowest BCUT2D eigenvalue weighted by molar-refractivity contribution is -0.121. The highest BCUT2D eigenvalue weighted by Crippen LogP contribution is 2.34. The maximum absolute atomic E-state index is 13.0. The lowest BCUT2D eigenvalue weighted by atomic mass is 10.1. The number of ether oxygens (including phenoxy) is 1. The second-order valence-electron chi connectivity index (χ2n) is 7.99. The highest BCUT2D eigenvalue weighted by Gasteiger charge is 2.33. The first-order chi connectivity index (χ1) is 15.8. The van der Waals surface area contributed by atoms with E-state index in [4.69, 9.17) is 4.74 Å². The number of nitrogens with one attached hydrogen (secondary N) is 1. The van der Waals surface area contributed by atoms with Crippen LogP contribution in [-0.4, -0.2) is 51.2 Å². The van der Waals surface area contributed by atoms with Crippen LogP contribution in [0.4, 0.5) is 11.4 Å². The molecule has 2 aromatic carbocycles. The first kappa shape index (κ1) is 22.8. The lowest BCUT2D eigenvalue weighted by Crippen LogP contribution is -2.35. The molecule has 0 bridgehead atoms. The molecule has 3 amide bonds. The van der Waals surface area contributed by atoms with Crippen LogP contribution in [-0.2, 0) is 19.6 Å². The first-order valence-corrected chi connectivity index (χ1v) is 12.2. The molecular formula is C23H25N3O6S. The Bertz CT molecular complexity index is 1170. The van der Waals surface area contributed by atoms with Gasteiger partial charge in [-0.1, -0.05) is 0 Å². The SMILES string of the molecule is COc1ccc(S(=O)(=O)Nc2ccc(C(=O)N3CCCCC3)cc2)cc1N1C(=O)CCC1=O. The molecule has 174 valence electrons. The Labute approximate surface area is 192 Å². The molecule has 2 aliphatic heterocycles. The molecule has 9 nitrogen and oxygen atoms in total. The maximum Gasteiger partial charge on any atom is 0.261 e. The maximum atomic E-state index is 13.0. The fraction of sp³-hybridized carbons (Fsp3) is 0.348. The summed E-state index contributed by atoms with van der Waals surface area (Å²) in [6, 6.07) is 10.2. The molecular weight excluding hydrogens is 446 g/mol. The molecule has 0 radical (unpaired) electrons. The zero-order valence-corrected chi connectivity index (χ0v) is 19.1. The number of piperidine rings is 1. The second kappa shape index (κ2) is 9.22. The molecule has 2 aromatic rings. The quantitative estimate of drug-likeness (QED) is 0.648. The summed E-state index contributed by atoms with van der Waals surface area (Å²) >= 11 is 0. The van der Waals surface area contributed by atoms with Gasteiger partial charge in [0.15, 0.2) is 0 Å². The highest BCUT2D eigenvalue weighted by atomic mass is 32.2.